The van der Waals surface area contributed by atoms with E-state index in [-0.39, 0.29) is 17.6 Å². The lowest BCUT2D eigenvalue weighted by Crippen LogP contribution is -2.15. The summed E-state index contributed by atoms with van der Waals surface area (Å²) in [6, 6.07) is 75.3. The SMILES string of the molecule is C/C(=C\C=C1/C(C)c2ccccc2N1c1ccc(F)cc1)N(c1ccccc1)c1ccc(-c2ccc(N(c3ccccc3)c3ccc4c(c3)c3ccccc3n4-c3ccc(F)cc3)cc2)cc1. The van der Waals surface area contributed by atoms with Gasteiger partial charge in [0.1, 0.15) is 11.6 Å². The summed E-state index contributed by atoms with van der Waals surface area (Å²) < 4.78 is 30.3. The lowest BCUT2D eigenvalue weighted by Gasteiger charge is -2.27. The Labute approximate surface area is 389 Å². The smallest absolute Gasteiger partial charge is 0.123 e. The first-order valence-corrected chi connectivity index (χ1v) is 22.6. The molecule has 10 aromatic rings. The largest absolute Gasteiger partial charge is 0.315 e. The quantitative estimate of drug-likeness (QED) is 0.136. The number of allylic oxidation sites excluding steroid dienone is 4. The van der Waals surface area contributed by atoms with E-state index in [2.05, 4.69) is 203 Å². The molecule has 0 N–H and O–H groups in total. The molecule has 67 heavy (non-hydrogen) atoms. The first-order valence-electron chi connectivity index (χ1n) is 22.6. The second-order valence-corrected chi connectivity index (χ2v) is 17.0. The third-order valence-electron chi connectivity index (χ3n) is 12.9. The zero-order valence-corrected chi connectivity index (χ0v) is 37.1. The molecule has 1 atom stereocenters. The average Bonchev–Trinajstić information content (AvgIpc) is 3.86. The number of fused-ring (bicyclic) bond motifs is 4. The number of rotatable bonds is 10. The highest BCUT2D eigenvalue weighted by molar-refractivity contribution is 6.10. The van der Waals surface area contributed by atoms with Gasteiger partial charge < -0.3 is 19.3 Å². The van der Waals surface area contributed by atoms with Crippen molar-refractivity contribution in [2.75, 3.05) is 14.7 Å². The minimum absolute atomic E-state index is 0.145. The molecule has 2 heterocycles. The van der Waals surface area contributed by atoms with E-state index in [1.807, 2.05) is 42.5 Å². The molecule has 0 aliphatic carbocycles. The molecule has 9 aromatic carbocycles. The Kier molecular flexibility index (Phi) is 10.8. The van der Waals surface area contributed by atoms with Crippen LogP contribution in [0.4, 0.5) is 48.6 Å². The number of nitrogens with zero attached hydrogens (tertiary/aromatic N) is 4. The summed E-state index contributed by atoms with van der Waals surface area (Å²) in [4.78, 5) is 6.82. The highest BCUT2D eigenvalue weighted by Gasteiger charge is 2.31. The molecule has 4 nitrogen and oxygen atoms in total. The first kappa shape index (κ1) is 41.2. The van der Waals surface area contributed by atoms with Gasteiger partial charge in [0, 0.05) is 73.6 Å². The summed E-state index contributed by atoms with van der Waals surface area (Å²) in [5, 5.41) is 2.25. The summed E-state index contributed by atoms with van der Waals surface area (Å²) in [6.45, 7) is 4.37. The molecular weight excluding hydrogens is 827 g/mol. The molecular formula is C61H46F2N4. The van der Waals surface area contributed by atoms with Gasteiger partial charge >= 0.3 is 0 Å². The van der Waals surface area contributed by atoms with Crippen LogP contribution in [0.25, 0.3) is 38.6 Å². The van der Waals surface area contributed by atoms with E-state index in [0.29, 0.717) is 0 Å². The number of hydrogen-bond acceptors (Lipinski definition) is 3. The monoisotopic (exact) mass is 872 g/mol. The summed E-state index contributed by atoms with van der Waals surface area (Å²) in [5.41, 5.74) is 15.9. The minimum atomic E-state index is -0.255. The summed E-state index contributed by atoms with van der Waals surface area (Å²) in [6.07, 6.45) is 4.39. The van der Waals surface area contributed by atoms with E-state index in [9.17, 15) is 8.78 Å². The molecule has 11 rings (SSSR count). The molecule has 0 radical (unpaired) electrons. The van der Waals surface area contributed by atoms with Gasteiger partial charge in [0.15, 0.2) is 0 Å². The molecule has 0 fully saturated rings. The fourth-order valence-electron chi connectivity index (χ4n) is 9.66. The van der Waals surface area contributed by atoms with Crippen LogP contribution in [0.15, 0.2) is 248 Å². The van der Waals surface area contributed by atoms with E-state index in [0.717, 1.165) is 89.8 Å². The van der Waals surface area contributed by atoms with Crippen LogP contribution in [0.3, 0.4) is 0 Å². The van der Waals surface area contributed by atoms with Crippen molar-refractivity contribution in [3.8, 4) is 16.8 Å². The number of halogens is 2. The maximum absolute atomic E-state index is 14.1. The lowest BCUT2D eigenvalue weighted by molar-refractivity contribution is 0.627. The Morgan fingerprint density at radius 2 is 0.985 bits per heavy atom. The Morgan fingerprint density at radius 3 is 1.66 bits per heavy atom. The normalized spacial score (nSPS) is 14.2. The van der Waals surface area contributed by atoms with Crippen molar-refractivity contribution in [1.29, 1.82) is 0 Å². The van der Waals surface area contributed by atoms with Gasteiger partial charge in [-0.05, 0) is 163 Å². The number of para-hydroxylation sites is 4. The van der Waals surface area contributed by atoms with Crippen LogP contribution < -0.4 is 14.7 Å². The van der Waals surface area contributed by atoms with Gasteiger partial charge in [-0.15, -0.1) is 0 Å². The Bertz CT molecular complexity index is 3430. The van der Waals surface area contributed by atoms with Gasteiger partial charge in [-0.25, -0.2) is 8.78 Å². The Morgan fingerprint density at radius 1 is 0.478 bits per heavy atom. The highest BCUT2D eigenvalue weighted by Crippen LogP contribution is 2.48. The molecule has 1 unspecified atom stereocenters. The van der Waals surface area contributed by atoms with Crippen molar-refractivity contribution in [2.45, 2.75) is 19.8 Å². The number of anilines is 7. The third kappa shape index (κ3) is 7.72. The zero-order valence-electron chi connectivity index (χ0n) is 37.1. The summed E-state index contributed by atoms with van der Waals surface area (Å²) in [7, 11) is 0. The molecule has 0 saturated carbocycles. The van der Waals surface area contributed by atoms with E-state index in [1.54, 1.807) is 0 Å². The predicted molar refractivity (Wildman–Crippen MR) is 275 cm³/mol. The molecule has 0 amide bonds. The summed E-state index contributed by atoms with van der Waals surface area (Å²) >= 11 is 0. The van der Waals surface area contributed by atoms with Crippen molar-refractivity contribution in [3.05, 3.63) is 265 Å². The predicted octanol–water partition coefficient (Wildman–Crippen LogP) is 17.1. The van der Waals surface area contributed by atoms with E-state index in [1.165, 1.54) is 29.8 Å². The Hall–Kier alpha value is -8.48. The van der Waals surface area contributed by atoms with E-state index in [4.69, 9.17) is 0 Å². The fraction of sp³-hybridized carbons (Fsp3) is 0.0492. The molecule has 1 aliphatic rings. The maximum atomic E-state index is 14.1. The lowest BCUT2D eigenvalue weighted by atomic mass is 10.0. The summed E-state index contributed by atoms with van der Waals surface area (Å²) in [5.74, 6) is -0.361. The third-order valence-corrected chi connectivity index (χ3v) is 12.9. The maximum Gasteiger partial charge on any atom is 0.123 e. The van der Waals surface area contributed by atoms with Crippen LogP contribution in [0, 0.1) is 11.6 Å². The van der Waals surface area contributed by atoms with Crippen LogP contribution in [-0.4, -0.2) is 4.57 Å². The molecule has 1 aromatic heterocycles. The van der Waals surface area contributed by atoms with Gasteiger partial charge in [0.25, 0.3) is 0 Å². The zero-order chi connectivity index (χ0) is 45.4. The van der Waals surface area contributed by atoms with Crippen LogP contribution in [0.2, 0.25) is 0 Å². The average molecular weight is 873 g/mol. The van der Waals surface area contributed by atoms with Gasteiger partial charge in [0.05, 0.1) is 11.0 Å². The number of benzene rings is 9. The molecule has 0 saturated heterocycles. The van der Waals surface area contributed by atoms with Crippen LogP contribution in [-0.2, 0) is 0 Å². The van der Waals surface area contributed by atoms with Crippen molar-refractivity contribution in [1.82, 2.24) is 4.57 Å². The van der Waals surface area contributed by atoms with Crippen LogP contribution in [0.5, 0.6) is 0 Å². The van der Waals surface area contributed by atoms with Crippen LogP contribution >= 0.6 is 0 Å². The topological polar surface area (TPSA) is 14.7 Å². The molecule has 0 spiro atoms. The second kappa shape index (κ2) is 17.5. The van der Waals surface area contributed by atoms with Gasteiger partial charge in [-0.3, -0.25) is 0 Å². The molecule has 0 bridgehead atoms. The fourth-order valence-corrected chi connectivity index (χ4v) is 9.66. The highest BCUT2D eigenvalue weighted by atomic mass is 19.1. The van der Waals surface area contributed by atoms with Crippen LogP contribution in [0.1, 0.15) is 25.3 Å². The Balaban J connectivity index is 0.915. The van der Waals surface area contributed by atoms with E-state index >= 15 is 0 Å². The second-order valence-electron chi connectivity index (χ2n) is 17.0. The standard InChI is InChI=1S/C61H46F2N4/c1-42(21-39-58-43(2)55-17-9-11-19-59(55)66(58)52-34-26-46(62)27-35-52)64(48-13-5-3-6-14-48)50-30-22-44(23-31-50)45-24-32-51(33-25-45)65(49-15-7-4-8-16-49)54-38-40-61-57(41-54)56-18-10-12-20-60(56)67(61)53-36-28-47(63)29-37-53/h3-41,43H,1-2H3/b42-21+,58-39+. The molecule has 324 valence electrons. The molecule has 6 heteroatoms. The van der Waals surface area contributed by atoms with E-state index < -0.39 is 0 Å². The number of aromatic nitrogens is 1. The van der Waals surface area contributed by atoms with Crippen molar-refractivity contribution in [3.63, 3.8) is 0 Å². The number of hydrogen-bond donors (Lipinski definition) is 0. The van der Waals surface area contributed by atoms with Crippen molar-refractivity contribution in [2.24, 2.45) is 0 Å². The van der Waals surface area contributed by atoms with Gasteiger partial charge in [-0.2, -0.15) is 0 Å². The molecule has 1 aliphatic heterocycles. The first-order chi connectivity index (χ1) is 32.9. The van der Waals surface area contributed by atoms with Crippen molar-refractivity contribution < 1.29 is 8.78 Å². The van der Waals surface area contributed by atoms with Gasteiger partial charge in [-0.1, -0.05) is 104 Å². The van der Waals surface area contributed by atoms with Gasteiger partial charge in [0.2, 0.25) is 0 Å². The minimum Gasteiger partial charge on any atom is -0.315 e. The van der Waals surface area contributed by atoms with Crippen molar-refractivity contribution >= 4 is 61.6 Å².